The van der Waals surface area contributed by atoms with Crippen LogP contribution in [0, 0.1) is 6.92 Å². The van der Waals surface area contributed by atoms with Crippen molar-refractivity contribution in [2.75, 3.05) is 13.1 Å². The second-order valence-corrected chi connectivity index (χ2v) is 7.84. The van der Waals surface area contributed by atoms with Crippen LogP contribution in [0.5, 0.6) is 0 Å². The van der Waals surface area contributed by atoms with Crippen molar-refractivity contribution in [2.45, 2.75) is 26.1 Å². The first-order chi connectivity index (χ1) is 15.1. The summed E-state index contributed by atoms with van der Waals surface area (Å²) in [6.07, 6.45) is 1.52. The topological polar surface area (TPSA) is 73.1 Å². The van der Waals surface area contributed by atoms with Gasteiger partial charge in [-0.2, -0.15) is 0 Å². The molecule has 0 bridgehead atoms. The van der Waals surface area contributed by atoms with Gasteiger partial charge in [-0.25, -0.2) is 4.68 Å². The number of carbonyl (C=O) groups is 1. The molecule has 31 heavy (non-hydrogen) atoms. The van der Waals surface area contributed by atoms with E-state index in [1.807, 2.05) is 79.4 Å². The van der Waals surface area contributed by atoms with Gasteiger partial charge in [-0.15, -0.1) is 5.10 Å². The van der Waals surface area contributed by atoms with Crippen LogP contribution in [-0.4, -0.2) is 50.0 Å². The Hall–Kier alpha value is -3.58. The van der Waals surface area contributed by atoms with Crippen molar-refractivity contribution in [3.05, 3.63) is 83.8 Å². The van der Waals surface area contributed by atoms with Crippen LogP contribution >= 0.6 is 0 Å². The molecule has 2 aromatic carbocycles. The molecule has 2 atom stereocenters. The van der Waals surface area contributed by atoms with E-state index in [0.29, 0.717) is 24.5 Å². The van der Waals surface area contributed by atoms with Crippen LogP contribution in [0.2, 0.25) is 0 Å². The molecule has 7 nitrogen and oxygen atoms in total. The first-order valence-corrected chi connectivity index (χ1v) is 10.4. The summed E-state index contributed by atoms with van der Waals surface area (Å²) in [5.41, 5.74) is 3.74. The minimum Gasteiger partial charge on any atom is -0.367 e. The molecule has 156 valence electrons. The number of amides is 1. The highest BCUT2D eigenvalue weighted by Crippen LogP contribution is 2.27. The molecule has 0 saturated carbocycles. The van der Waals surface area contributed by atoms with Crippen molar-refractivity contribution in [3.8, 4) is 5.69 Å². The Kier molecular flexibility index (Phi) is 4.95. The molecule has 2 aromatic heterocycles. The van der Waals surface area contributed by atoms with Crippen molar-refractivity contribution in [1.82, 2.24) is 24.9 Å². The molecule has 1 fully saturated rings. The largest absolute Gasteiger partial charge is 0.367 e. The number of morpholine rings is 1. The predicted molar refractivity (Wildman–Crippen MR) is 117 cm³/mol. The number of rotatable bonds is 3. The van der Waals surface area contributed by atoms with E-state index < -0.39 is 0 Å². The summed E-state index contributed by atoms with van der Waals surface area (Å²) < 4.78 is 7.79. The fraction of sp³-hybridized carbons (Fsp3) is 0.250. The Labute approximate surface area is 180 Å². The van der Waals surface area contributed by atoms with E-state index in [0.717, 1.165) is 22.2 Å². The molecule has 1 saturated heterocycles. The Morgan fingerprint density at radius 3 is 2.68 bits per heavy atom. The molecule has 0 spiro atoms. The molecule has 5 rings (SSSR count). The number of hydrogen-bond acceptors (Lipinski definition) is 5. The number of benzene rings is 2. The van der Waals surface area contributed by atoms with Crippen molar-refractivity contribution >= 4 is 16.8 Å². The van der Waals surface area contributed by atoms with Gasteiger partial charge in [0, 0.05) is 18.1 Å². The first-order valence-electron chi connectivity index (χ1n) is 10.4. The van der Waals surface area contributed by atoms with Gasteiger partial charge in [0.05, 0.1) is 29.5 Å². The van der Waals surface area contributed by atoms with Gasteiger partial charge in [-0.3, -0.25) is 9.78 Å². The lowest BCUT2D eigenvalue weighted by molar-refractivity contribution is -0.0693. The molecule has 2 unspecified atom stereocenters. The Bertz CT molecular complexity index is 1230. The SMILES string of the molecule is Cc1c(C(=O)N2CC(C)OC(c3ccccc3)C2)nnn1-c1cccc2cccnc12. The highest BCUT2D eigenvalue weighted by molar-refractivity contribution is 5.94. The lowest BCUT2D eigenvalue weighted by Gasteiger charge is -2.36. The molecule has 1 aliphatic rings. The smallest absolute Gasteiger partial charge is 0.276 e. The third kappa shape index (κ3) is 3.57. The molecule has 4 aromatic rings. The maximum atomic E-state index is 13.4. The summed E-state index contributed by atoms with van der Waals surface area (Å²) in [4.78, 5) is 19.7. The van der Waals surface area contributed by atoms with Gasteiger partial charge in [0.2, 0.25) is 0 Å². The van der Waals surface area contributed by atoms with Crippen molar-refractivity contribution in [2.24, 2.45) is 0 Å². The third-order valence-corrected chi connectivity index (χ3v) is 5.66. The third-order valence-electron chi connectivity index (χ3n) is 5.66. The highest BCUT2D eigenvalue weighted by Gasteiger charge is 2.32. The van der Waals surface area contributed by atoms with Crippen LogP contribution in [0.25, 0.3) is 16.6 Å². The molecular weight excluding hydrogens is 390 g/mol. The molecule has 0 aliphatic carbocycles. The first kappa shape index (κ1) is 19.4. The minimum absolute atomic E-state index is 0.0690. The number of nitrogens with zero attached hydrogens (tertiary/aromatic N) is 5. The number of carbonyl (C=O) groups excluding carboxylic acids is 1. The lowest BCUT2D eigenvalue weighted by Crippen LogP contribution is -2.46. The number of pyridine rings is 1. The fourth-order valence-corrected chi connectivity index (χ4v) is 4.13. The van der Waals surface area contributed by atoms with Crippen molar-refractivity contribution < 1.29 is 9.53 Å². The van der Waals surface area contributed by atoms with Crippen molar-refractivity contribution in [3.63, 3.8) is 0 Å². The molecule has 7 heteroatoms. The average Bonchev–Trinajstić information content (AvgIpc) is 3.19. The van der Waals surface area contributed by atoms with Gasteiger partial charge in [0.15, 0.2) is 5.69 Å². The zero-order valence-corrected chi connectivity index (χ0v) is 17.5. The average molecular weight is 413 g/mol. The molecule has 3 heterocycles. The molecule has 1 aliphatic heterocycles. The lowest BCUT2D eigenvalue weighted by atomic mass is 10.1. The van der Waals surface area contributed by atoms with Gasteiger partial charge < -0.3 is 9.64 Å². The summed E-state index contributed by atoms with van der Waals surface area (Å²) in [6.45, 7) is 4.86. The van der Waals surface area contributed by atoms with Crippen molar-refractivity contribution in [1.29, 1.82) is 0 Å². The van der Waals surface area contributed by atoms with Crippen LogP contribution < -0.4 is 0 Å². The zero-order valence-electron chi connectivity index (χ0n) is 17.5. The summed E-state index contributed by atoms with van der Waals surface area (Å²) in [5.74, 6) is -0.131. The van der Waals surface area contributed by atoms with E-state index in [-0.39, 0.29) is 18.1 Å². The summed E-state index contributed by atoms with van der Waals surface area (Å²) in [7, 11) is 0. The van der Waals surface area contributed by atoms with Gasteiger partial charge in [0.1, 0.15) is 6.10 Å². The number of fused-ring (bicyclic) bond motifs is 1. The van der Waals surface area contributed by atoms with E-state index in [1.165, 1.54) is 0 Å². The maximum Gasteiger partial charge on any atom is 0.276 e. The van der Waals surface area contributed by atoms with E-state index in [1.54, 1.807) is 10.9 Å². The standard InChI is InChI=1S/C24H23N5O2/c1-16-14-28(15-21(31-16)18-8-4-3-5-9-18)24(30)22-17(2)29(27-26-22)20-12-6-10-19-11-7-13-25-23(19)20/h3-13,16,21H,14-15H2,1-2H3. The quantitative estimate of drug-likeness (QED) is 0.512. The number of para-hydroxylation sites is 1. The molecule has 1 amide bonds. The van der Waals surface area contributed by atoms with Crippen LogP contribution in [0.15, 0.2) is 66.9 Å². The normalized spacial score (nSPS) is 19.0. The molecule has 0 radical (unpaired) electrons. The van der Waals surface area contributed by atoms with Crippen LogP contribution in [-0.2, 0) is 4.74 Å². The van der Waals surface area contributed by atoms with E-state index in [9.17, 15) is 4.79 Å². The highest BCUT2D eigenvalue weighted by atomic mass is 16.5. The van der Waals surface area contributed by atoms with E-state index >= 15 is 0 Å². The van der Waals surface area contributed by atoms with Crippen LogP contribution in [0.4, 0.5) is 0 Å². The van der Waals surface area contributed by atoms with E-state index in [2.05, 4.69) is 15.3 Å². The zero-order chi connectivity index (χ0) is 21.4. The Morgan fingerprint density at radius 1 is 1.03 bits per heavy atom. The second-order valence-electron chi connectivity index (χ2n) is 7.84. The number of aromatic nitrogens is 4. The van der Waals surface area contributed by atoms with Crippen LogP contribution in [0.3, 0.4) is 0 Å². The van der Waals surface area contributed by atoms with Gasteiger partial charge in [0.25, 0.3) is 5.91 Å². The predicted octanol–water partition coefficient (Wildman–Crippen LogP) is 3.73. The van der Waals surface area contributed by atoms with E-state index in [4.69, 9.17) is 4.74 Å². The monoisotopic (exact) mass is 413 g/mol. The summed E-state index contributed by atoms with van der Waals surface area (Å²) in [6, 6.07) is 19.8. The minimum atomic E-state index is -0.161. The van der Waals surface area contributed by atoms with Gasteiger partial charge in [-0.05, 0) is 31.5 Å². The Morgan fingerprint density at radius 2 is 1.84 bits per heavy atom. The summed E-state index contributed by atoms with van der Waals surface area (Å²) >= 11 is 0. The maximum absolute atomic E-state index is 13.4. The fourth-order valence-electron chi connectivity index (χ4n) is 4.13. The number of hydrogen-bond donors (Lipinski definition) is 0. The number of ether oxygens (including phenoxy) is 1. The Balaban J connectivity index is 1.46. The summed E-state index contributed by atoms with van der Waals surface area (Å²) in [5, 5.41) is 9.56. The second kappa shape index (κ2) is 7.92. The van der Waals surface area contributed by atoms with Gasteiger partial charge in [-0.1, -0.05) is 53.7 Å². The molecule has 0 N–H and O–H groups in total. The van der Waals surface area contributed by atoms with Gasteiger partial charge >= 0.3 is 0 Å². The van der Waals surface area contributed by atoms with Crippen LogP contribution in [0.1, 0.15) is 34.8 Å². The molecular formula is C24H23N5O2.